The van der Waals surface area contributed by atoms with Gasteiger partial charge in [-0.1, -0.05) is 74.0 Å². The van der Waals surface area contributed by atoms with Crippen LogP contribution < -0.4 is 4.74 Å². The molecule has 0 saturated carbocycles. The van der Waals surface area contributed by atoms with Gasteiger partial charge in [0.05, 0.1) is 33.8 Å². The third-order valence-corrected chi connectivity index (χ3v) is 6.38. The number of carbonyl (C=O) groups excluding carboxylic acids is 4. The Morgan fingerprint density at radius 1 is 0.721 bits per heavy atom. The number of hydrogen-bond donors (Lipinski definition) is 2. The van der Waals surface area contributed by atoms with Gasteiger partial charge >= 0.3 is 11.9 Å². The van der Waals surface area contributed by atoms with Crippen LogP contribution >= 0.6 is 0 Å². The molecule has 0 saturated heterocycles. The largest absolute Gasteiger partial charge is 0.504 e. The highest BCUT2D eigenvalue weighted by Crippen LogP contribution is 2.47. The van der Waals surface area contributed by atoms with Gasteiger partial charge in [0, 0.05) is 11.6 Å². The molecule has 0 aromatic heterocycles. The van der Waals surface area contributed by atoms with Gasteiger partial charge in [-0.2, -0.15) is 0 Å². The number of nitro benzene ring substituents is 1. The summed E-state index contributed by atoms with van der Waals surface area (Å²) in [5.74, 6) is -7.94. The standard InChI is InChI=1S/C32H25NO10/c1-2-3-18-42-32(39)23-24(26(34)19-12-6-4-7-13-19)28(36)29(37)30(43-31(38)20-14-8-5-9-15-20)25(23)27(35)21-16-10-11-17-22(21)33(40)41/h4-17,36-37H,2-3,18H2,1H3. The van der Waals surface area contributed by atoms with E-state index in [1.54, 1.807) is 12.1 Å². The summed E-state index contributed by atoms with van der Waals surface area (Å²) >= 11 is 0. The minimum atomic E-state index is -1.26. The molecule has 0 unspecified atom stereocenters. The Labute approximate surface area is 245 Å². The molecule has 11 heteroatoms. The molecule has 0 heterocycles. The van der Waals surface area contributed by atoms with Crippen LogP contribution in [0, 0.1) is 10.1 Å². The first kappa shape index (κ1) is 30.1. The number of esters is 2. The van der Waals surface area contributed by atoms with Crippen LogP contribution in [0.5, 0.6) is 17.2 Å². The van der Waals surface area contributed by atoms with Gasteiger partial charge in [0.25, 0.3) is 5.69 Å². The van der Waals surface area contributed by atoms with Crippen LogP contribution in [0.3, 0.4) is 0 Å². The average molecular weight is 584 g/mol. The normalized spacial score (nSPS) is 10.5. The molecule has 0 amide bonds. The molecule has 11 nitrogen and oxygen atoms in total. The summed E-state index contributed by atoms with van der Waals surface area (Å²) in [7, 11) is 0. The van der Waals surface area contributed by atoms with Crippen LogP contribution in [0.15, 0.2) is 84.9 Å². The molecule has 0 spiro atoms. The second kappa shape index (κ2) is 13.2. The SMILES string of the molecule is CCCCOC(=O)c1c(C(=O)c2ccccc2)c(O)c(O)c(OC(=O)c2ccccc2)c1C(=O)c1ccccc1[N+](=O)[O-]. The molecule has 0 aliphatic carbocycles. The molecule has 4 aromatic rings. The fourth-order valence-corrected chi connectivity index (χ4v) is 4.24. The van der Waals surface area contributed by atoms with E-state index in [9.17, 15) is 39.5 Å². The number of carbonyl (C=O) groups is 4. The highest BCUT2D eigenvalue weighted by atomic mass is 16.6. The van der Waals surface area contributed by atoms with Crippen molar-refractivity contribution in [1.29, 1.82) is 0 Å². The van der Waals surface area contributed by atoms with Crippen molar-refractivity contribution >= 4 is 29.2 Å². The van der Waals surface area contributed by atoms with Crippen molar-refractivity contribution in [3.63, 3.8) is 0 Å². The molecule has 0 bridgehead atoms. The molecular formula is C32H25NO10. The Hall–Kier alpha value is -5.84. The zero-order chi connectivity index (χ0) is 31.1. The van der Waals surface area contributed by atoms with Crippen LogP contribution in [0.1, 0.15) is 72.3 Å². The molecule has 43 heavy (non-hydrogen) atoms. The van der Waals surface area contributed by atoms with Crippen molar-refractivity contribution in [2.75, 3.05) is 6.61 Å². The van der Waals surface area contributed by atoms with Crippen LogP contribution in [0.25, 0.3) is 0 Å². The number of aromatic hydroxyl groups is 2. The molecule has 4 rings (SSSR count). The van der Waals surface area contributed by atoms with Gasteiger partial charge in [-0.05, 0) is 24.6 Å². The van der Waals surface area contributed by atoms with Crippen molar-refractivity contribution in [3.8, 4) is 17.2 Å². The van der Waals surface area contributed by atoms with Gasteiger partial charge in [-0.25, -0.2) is 9.59 Å². The Morgan fingerprint density at radius 2 is 1.30 bits per heavy atom. The van der Waals surface area contributed by atoms with E-state index in [4.69, 9.17) is 9.47 Å². The quantitative estimate of drug-likeness (QED) is 0.0428. The molecule has 2 N–H and O–H groups in total. The van der Waals surface area contributed by atoms with Crippen LogP contribution in [0.4, 0.5) is 5.69 Å². The van der Waals surface area contributed by atoms with Gasteiger partial charge < -0.3 is 19.7 Å². The number of ketones is 2. The summed E-state index contributed by atoms with van der Waals surface area (Å²) in [4.78, 5) is 65.5. The highest BCUT2D eigenvalue weighted by molar-refractivity contribution is 6.24. The first-order valence-corrected chi connectivity index (χ1v) is 13.1. The van der Waals surface area contributed by atoms with E-state index < -0.39 is 73.6 Å². The Bertz CT molecular complexity index is 1720. The zero-order valence-corrected chi connectivity index (χ0v) is 22.8. The predicted octanol–water partition coefficient (Wildman–Crippen LogP) is 5.64. The number of unbranched alkanes of at least 4 members (excludes halogenated alkanes) is 1. The van der Waals surface area contributed by atoms with Crippen LogP contribution in [-0.4, -0.2) is 45.2 Å². The van der Waals surface area contributed by atoms with Crippen molar-refractivity contribution < 1.29 is 43.8 Å². The molecule has 0 radical (unpaired) electrons. The zero-order valence-electron chi connectivity index (χ0n) is 22.8. The third-order valence-electron chi connectivity index (χ3n) is 6.38. The maximum atomic E-state index is 14.1. The number of rotatable bonds is 11. The lowest BCUT2D eigenvalue weighted by molar-refractivity contribution is -0.385. The highest BCUT2D eigenvalue weighted by Gasteiger charge is 2.39. The van der Waals surface area contributed by atoms with Crippen molar-refractivity contribution in [3.05, 3.63) is 128 Å². The summed E-state index contributed by atoms with van der Waals surface area (Å²) < 4.78 is 10.7. The molecule has 0 aliphatic heterocycles. The maximum absolute atomic E-state index is 14.1. The lowest BCUT2D eigenvalue weighted by Crippen LogP contribution is -2.22. The minimum Gasteiger partial charge on any atom is -0.504 e. The summed E-state index contributed by atoms with van der Waals surface area (Å²) in [6.45, 7) is 1.68. The summed E-state index contributed by atoms with van der Waals surface area (Å²) in [6, 6.07) is 19.6. The van der Waals surface area contributed by atoms with Crippen LogP contribution in [-0.2, 0) is 4.74 Å². The van der Waals surface area contributed by atoms with Gasteiger partial charge in [0.15, 0.2) is 17.3 Å². The Morgan fingerprint density at radius 3 is 1.91 bits per heavy atom. The van der Waals surface area contributed by atoms with Crippen molar-refractivity contribution in [2.45, 2.75) is 19.8 Å². The fourth-order valence-electron chi connectivity index (χ4n) is 4.24. The van der Waals surface area contributed by atoms with Crippen molar-refractivity contribution in [1.82, 2.24) is 0 Å². The second-order valence-corrected chi connectivity index (χ2v) is 9.19. The molecule has 218 valence electrons. The molecule has 0 fully saturated rings. The fraction of sp³-hybridized carbons (Fsp3) is 0.125. The van der Waals surface area contributed by atoms with E-state index in [2.05, 4.69) is 0 Å². The lowest BCUT2D eigenvalue weighted by atomic mass is 9.88. The van der Waals surface area contributed by atoms with Crippen LogP contribution in [0.2, 0.25) is 0 Å². The summed E-state index contributed by atoms with van der Waals surface area (Å²) in [5.41, 5.74) is -3.79. The minimum absolute atomic E-state index is 0.0259. The number of nitrogens with zero attached hydrogens (tertiary/aromatic N) is 1. The monoisotopic (exact) mass is 583 g/mol. The van der Waals surface area contributed by atoms with E-state index in [0.29, 0.717) is 12.8 Å². The van der Waals surface area contributed by atoms with E-state index in [0.717, 1.165) is 12.1 Å². The van der Waals surface area contributed by atoms with E-state index in [-0.39, 0.29) is 17.7 Å². The number of phenols is 2. The predicted molar refractivity (Wildman–Crippen MR) is 153 cm³/mol. The molecular weight excluding hydrogens is 558 g/mol. The van der Waals surface area contributed by atoms with Gasteiger partial charge in [-0.15, -0.1) is 0 Å². The van der Waals surface area contributed by atoms with E-state index in [1.165, 1.54) is 60.7 Å². The third kappa shape index (κ3) is 6.25. The lowest BCUT2D eigenvalue weighted by Gasteiger charge is -2.20. The number of hydrogen-bond acceptors (Lipinski definition) is 10. The summed E-state index contributed by atoms with van der Waals surface area (Å²) in [5, 5.41) is 34.1. The molecule has 0 atom stereocenters. The maximum Gasteiger partial charge on any atom is 0.343 e. The first-order valence-electron chi connectivity index (χ1n) is 13.1. The molecule has 4 aromatic carbocycles. The number of para-hydroxylation sites is 1. The number of nitro groups is 1. The first-order chi connectivity index (χ1) is 20.7. The van der Waals surface area contributed by atoms with E-state index >= 15 is 0 Å². The second-order valence-electron chi connectivity index (χ2n) is 9.19. The van der Waals surface area contributed by atoms with E-state index in [1.807, 2.05) is 6.92 Å². The Kier molecular flexibility index (Phi) is 9.26. The number of ether oxygens (including phenoxy) is 2. The molecule has 0 aliphatic rings. The van der Waals surface area contributed by atoms with Gasteiger partial charge in [0.2, 0.25) is 11.5 Å². The van der Waals surface area contributed by atoms with Crippen molar-refractivity contribution in [2.24, 2.45) is 0 Å². The Balaban J connectivity index is 2.08. The smallest absolute Gasteiger partial charge is 0.343 e. The summed E-state index contributed by atoms with van der Waals surface area (Å²) in [6.07, 6.45) is 1.02. The van der Waals surface area contributed by atoms with Gasteiger partial charge in [-0.3, -0.25) is 19.7 Å². The number of phenolic OH excluding ortho intramolecular Hbond substituents is 2. The van der Waals surface area contributed by atoms with Gasteiger partial charge in [0.1, 0.15) is 5.56 Å². The topological polar surface area (TPSA) is 170 Å². The average Bonchev–Trinajstić information content (AvgIpc) is 3.03. The number of benzene rings is 4.